The normalized spacial score (nSPS) is 20.1. The fourth-order valence-electron chi connectivity index (χ4n) is 2.92. The molecule has 1 aromatic carbocycles. The number of benzene rings is 1. The van der Waals surface area contributed by atoms with Gasteiger partial charge in [-0.15, -0.1) is 0 Å². The number of fused-ring (bicyclic) bond motifs is 1. The molecule has 0 saturated carbocycles. The number of sulfonamides is 1. The van der Waals surface area contributed by atoms with Crippen LogP contribution in [-0.2, 0) is 15.8 Å². The van der Waals surface area contributed by atoms with Gasteiger partial charge in [0.2, 0.25) is 10.0 Å². The molecule has 0 unspecified atom stereocenters. The van der Waals surface area contributed by atoms with Crippen molar-refractivity contribution in [1.29, 1.82) is 0 Å². The number of pyridine rings is 1. The number of aromatic nitrogens is 1. The maximum atomic E-state index is 12.6. The molecular weight excluding hydrogens is 288 g/mol. The fraction of sp³-hybridized carbons (Fsp3) is 0.400. The van der Waals surface area contributed by atoms with Gasteiger partial charge < -0.3 is 5.11 Å². The third-order valence-corrected chi connectivity index (χ3v) is 5.82. The average Bonchev–Trinajstić information content (AvgIpc) is 2.97. The van der Waals surface area contributed by atoms with Gasteiger partial charge in [-0.3, -0.25) is 4.98 Å². The third-order valence-electron chi connectivity index (χ3n) is 3.95. The van der Waals surface area contributed by atoms with Gasteiger partial charge in [-0.2, -0.15) is 4.31 Å². The second kappa shape index (κ2) is 5.71. The third kappa shape index (κ3) is 2.79. The van der Waals surface area contributed by atoms with Crippen LogP contribution in [0.5, 0.6) is 0 Å². The number of hydrogen-bond acceptors (Lipinski definition) is 4. The molecule has 0 aliphatic carbocycles. The van der Waals surface area contributed by atoms with E-state index < -0.39 is 10.0 Å². The van der Waals surface area contributed by atoms with Gasteiger partial charge in [-0.05, 0) is 24.5 Å². The van der Waals surface area contributed by atoms with Crippen LogP contribution >= 0.6 is 0 Å². The van der Waals surface area contributed by atoms with Crippen molar-refractivity contribution in [3.05, 3.63) is 42.1 Å². The van der Waals surface area contributed by atoms with Crippen molar-refractivity contribution in [3.63, 3.8) is 0 Å². The van der Waals surface area contributed by atoms with E-state index in [0.717, 1.165) is 23.7 Å². The molecule has 0 radical (unpaired) electrons. The Morgan fingerprint density at radius 1 is 1.29 bits per heavy atom. The number of aliphatic hydroxyl groups is 1. The van der Waals surface area contributed by atoms with E-state index in [2.05, 4.69) is 4.98 Å². The predicted octanol–water partition coefficient (Wildman–Crippen LogP) is 1.52. The molecule has 1 aromatic heterocycles. The zero-order chi connectivity index (χ0) is 14.9. The molecule has 0 spiro atoms. The molecule has 3 rings (SSSR count). The summed E-state index contributed by atoms with van der Waals surface area (Å²) in [6.07, 6.45) is 3.20. The first-order valence-corrected chi connectivity index (χ1v) is 8.66. The van der Waals surface area contributed by atoms with Gasteiger partial charge >= 0.3 is 0 Å². The standard InChI is InChI=1S/C15H18N2O3S/c18-10-14-7-3-9-17(14)21(19,20)11-13-5-1-4-12-6-2-8-16-15(12)13/h1-2,4-6,8,14,18H,3,7,9-11H2/t14-/m1/s1. The molecule has 0 bridgehead atoms. The molecule has 112 valence electrons. The monoisotopic (exact) mass is 306 g/mol. The Morgan fingerprint density at radius 2 is 2.10 bits per heavy atom. The largest absolute Gasteiger partial charge is 0.395 e. The minimum absolute atomic E-state index is 0.0716. The summed E-state index contributed by atoms with van der Waals surface area (Å²) in [5.74, 6) is -0.0716. The Kier molecular flexibility index (Phi) is 3.93. The van der Waals surface area contributed by atoms with E-state index in [-0.39, 0.29) is 18.4 Å². The van der Waals surface area contributed by atoms with Crippen LogP contribution in [0.3, 0.4) is 0 Å². The maximum absolute atomic E-state index is 12.6. The number of rotatable bonds is 4. The van der Waals surface area contributed by atoms with E-state index in [4.69, 9.17) is 0 Å². The van der Waals surface area contributed by atoms with Crippen LogP contribution < -0.4 is 0 Å². The summed E-state index contributed by atoms with van der Waals surface area (Å²) in [5.41, 5.74) is 1.43. The van der Waals surface area contributed by atoms with E-state index in [9.17, 15) is 13.5 Å². The lowest BCUT2D eigenvalue weighted by Crippen LogP contribution is -2.38. The zero-order valence-electron chi connectivity index (χ0n) is 11.6. The smallest absolute Gasteiger partial charge is 0.218 e. The summed E-state index contributed by atoms with van der Waals surface area (Å²) in [4.78, 5) is 4.30. The highest BCUT2D eigenvalue weighted by molar-refractivity contribution is 7.88. The molecule has 0 amide bonds. The molecule has 1 saturated heterocycles. The van der Waals surface area contributed by atoms with Gasteiger partial charge in [0.15, 0.2) is 0 Å². The second-order valence-corrected chi connectivity index (χ2v) is 7.26. The summed E-state index contributed by atoms with van der Waals surface area (Å²) in [5, 5.41) is 10.3. The lowest BCUT2D eigenvalue weighted by atomic mass is 10.1. The Balaban J connectivity index is 1.94. The van der Waals surface area contributed by atoms with Crippen LogP contribution in [-0.4, -0.2) is 42.0 Å². The zero-order valence-corrected chi connectivity index (χ0v) is 12.5. The molecule has 5 nitrogen and oxygen atoms in total. The number of para-hydroxylation sites is 1. The molecule has 1 atom stereocenters. The summed E-state index contributed by atoms with van der Waals surface area (Å²) in [7, 11) is -3.43. The molecule has 1 aliphatic rings. The van der Waals surface area contributed by atoms with Crippen molar-refractivity contribution in [3.8, 4) is 0 Å². The van der Waals surface area contributed by atoms with Crippen molar-refractivity contribution >= 4 is 20.9 Å². The van der Waals surface area contributed by atoms with E-state index >= 15 is 0 Å². The van der Waals surface area contributed by atoms with Crippen LogP contribution in [0, 0.1) is 0 Å². The lowest BCUT2D eigenvalue weighted by Gasteiger charge is -2.22. The molecule has 1 fully saturated rings. The van der Waals surface area contributed by atoms with Crippen LogP contribution in [0.1, 0.15) is 18.4 Å². The lowest BCUT2D eigenvalue weighted by molar-refractivity contribution is 0.213. The van der Waals surface area contributed by atoms with Crippen molar-refractivity contribution in [2.45, 2.75) is 24.6 Å². The number of hydrogen-bond donors (Lipinski definition) is 1. The summed E-state index contributed by atoms with van der Waals surface area (Å²) in [6, 6.07) is 9.05. The number of aliphatic hydroxyl groups excluding tert-OH is 1. The topological polar surface area (TPSA) is 70.5 Å². The molecule has 1 N–H and O–H groups in total. The van der Waals surface area contributed by atoms with Crippen LogP contribution in [0.4, 0.5) is 0 Å². The summed E-state index contributed by atoms with van der Waals surface area (Å²) in [6.45, 7) is 0.374. The Hall–Kier alpha value is -1.50. The van der Waals surface area contributed by atoms with Gasteiger partial charge in [0.25, 0.3) is 0 Å². The van der Waals surface area contributed by atoms with Crippen molar-refractivity contribution in [1.82, 2.24) is 9.29 Å². The first kappa shape index (κ1) is 14.4. The van der Waals surface area contributed by atoms with E-state index in [0.29, 0.717) is 12.1 Å². The van der Waals surface area contributed by atoms with E-state index in [1.807, 2.05) is 24.3 Å². The minimum Gasteiger partial charge on any atom is -0.395 e. The van der Waals surface area contributed by atoms with Gasteiger partial charge in [-0.25, -0.2) is 8.42 Å². The van der Waals surface area contributed by atoms with Crippen molar-refractivity contribution in [2.24, 2.45) is 0 Å². The molecular formula is C15H18N2O3S. The molecule has 2 aromatic rings. The van der Waals surface area contributed by atoms with Crippen molar-refractivity contribution in [2.75, 3.05) is 13.2 Å². The van der Waals surface area contributed by atoms with Gasteiger partial charge in [0, 0.05) is 24.2 Å². The van der Waals surface area contributed by atoms with Crippen LogP contribution in [0.15, 0.2) is 36.5 Å². The Bertz CT molecular complexity index is 740. The van der Waals surface area contributed by atoms with Gasteiger partial charge in [0.05, 0.1) is 17.9 Å². The van der Waals surface area contributed by atoms with Gasteiger partial charge in [0.1, 0.15) is 0 Å². The fourth-order valence-corrected chi connectivity index (χ4v) is 4.75. The SMILES string of the molecule is O=S(=O)(Cc1cccc2cccnc12)N1CCC[C@@H]1CO. The maximum Gasteiger partial charge on any atom is 0.218 e. The quantitative estimate of drug-likeness (QED) is 0.930. The van der Waals surface area contributed by atoms with Crippen LogP contribution in [0.2, 0.25) is 0 Å². The molecule has 2 heterocycles. The first-order chi connectivity index (χ1) is 10.1. The predicted molar refractivity (Wildman–Crippen MR) is 81.2 cm³/mol. The van der Waals surface area contributed by atoms with Crippen molar-refractivity contribution < 1.29 is 13.5 Å². The molecule has 21 heavy (non-hydrogen) atoms. The van der Waals surface area contributed by atoms with E-state index in [1.165, 1.54) is 4.31 Å². The minimum atomic E-state index is -3.43. The number of nitrogens with zero attached hydrogens (tertiary/aromatic N) is 2. The van der Waals surface area contributed by atoms with Crippen LogP contribution in [0.25, 0.3) is 10.9 Å². The second-order valence-electron chi connectivity index (χ2n) is 5.34. The highest BCUT2D eigenvalue weighted by atomic mass is 32.2. The molecule has 6 heteroatoms. The Labute approximate surface area is 124 Å². The summed E-state index contributed by atoms with van der Waals surface area (Å²) >= 11 is 0. The van der Waals surface area contributed by atoms with E-state index in [1.54, 1.807) is 12.3 Å². The average molecular weight is 306 g/mol. The summed E-state index contributed by atoms with van der Waals surface area (Å²) < 4.78 is 26.6. The van der Waals surface area contributed by atoms with Gasteiger partial charge in [-0.1, -0.05) is 24.3 Å². The highest BCUT2D eigenvalue weighted by Crippen LogP contribution is 2.25. The first-order valence-electron chi connectivity index (χ1n) is 7.05. The Morgan fingerprint density at radius 3 is 2.90 bits per heavy atom. The highest BCUT2D eigenvalue weighted by Gasteiger charge is 2.33. The molecule has 1 aliphatic heterocycles.